The van der Waals surface area contributed by atoms with Crippen LogP contribution in [0, 0.1) is 0 Å². The first-order valence-corrected chi connectivity index (χ1v) is 5.06. The zero-order valence-electron chi connectivity index (χ0n) is 8.46. The van der Waals surface area contributed by atoms with Gasteiger partial charge in [0.1, 0.15) is 0 Å². The molecule has 0 nitrogen and oxygen atoms in total. The summed E-state index contributed by atoms with van der Waals surface area (Å²) in [6.07, 6.45) is 3.96. The predicted molar refractivity (Wildman–Crippen MR) is 68.8 cm³/mol. The molecular weight excluding hydrogens is 187 g/mol. The summed E-state index contributed by atoms with van der Waals surface area (Å²) in [7, 11) is 2.66. The largest absolute Gasteiger partial charge is 0.106 e. The fourth-order valence-electron chi connectivity index (χ4n) is 1.04. The average molecular weight is 202 g/mol. The highest BCUT2D eigenvalue weighted by Gasteiger charge is 1.93. The summed E-state index contributed by atoms with van der Waals surface area (Å²) in [6.45, 7) is 9.76. The summed E-state index contributed by atoms with van der Waals surface area (Å²) < 4.78 is 0. The Morgan fingerprint density at radius 2 is 1.71 bits per heavy atom. The van der Waals surface area contributed by atoms with Crippen molar-refractivity contribution in [2.45, 2.75) is 6.92 Å². The van der Waals surface area contributed by atoms with Crippen LogP contribution in [0.15, 0.2) is 55.1 Å². The van der Waals surface area contributed by atoms with E-state index in [0.29, 0.717) is 0 Å². The van der Waals surface area contributed by atoms with Crippen molar-refractivity contribution in [1.29, 1.82) is 0 Å². The molecule has 0 aliphatic rings. The van der Waals surface area contributed by atoms with Gasteiger partial charge in [-0.1, -0.05) is 55.1 Å². The van der Waals surface area contributed by atoms with Crippen LogP contribution in [0.25, 0.3) is 5.57 Å². The Balaban J connectivity index is 2.80. The van der Waals surface area contributed by atoms with Crippen molar-refractivity contribution in [3.05, 3.63) is 60.7 Å². The first-order valence-electron chi connectivity index (χ1n) is 4.48. The number of allylic oxidation sites excluding steroid dienone is 4. The minimum absolute atomic E-state index is 1.01. The van der Waals surface area contributed by atoms with Gasteiger partial charge >= 0.3 is 0 Å². The van der Waals surface area contributed by atoms with E-state index >= 15 is 0 Å². The Labute approximate surface area is 88.2 Å². The quantitative estimate of drug-likeness (QED) is 0.521. The van der Waals surface area contributed by atoms with Gasteiger partial charge in [-0.05, 0) is 23.4 Å². The van der Waals surface area contributed by atoms with Gasteiger partial charge in [-0.3, -0.25) is 0 Å². The molecule has 1 unspecified atom stereocenters. The molecule has 1 heteroatoms. The lowest BCUT2D eigenvalue weighted by Gasteiger charge is -2.00. The molecule has 0 aliphatic carbocycles. The van der Waals surface area contributed by atoms with E-state index in [1.54, 1.807) is 0 Å². The number of hydrogen-bond acceptors (Lipinski definition) is 0. The van der Waals surface area contributed by atoms with E-state index in [2.05, 4.69) is 46.7 Å². The number of rotatable bonds is 3. The maximum Gasteiger partial charge on any atom is -0.0190 e. The third kappa shape index (κ3) is 3.32. The van der Waals surface area contributed by atoms with E-state index in [1.807, 2.05) is 19.1 Å². The molecule has 1 aromatic rings. The maximum atomic E-state index is 3.99. The second kappa shape index (κ2) is 4.93. The second-order valence-electron chi connectivity index (χ2n) is 3.33. The smallest absolute Gasteiger partial charge is 0.0190 e. The van der Waals surface area contributed by atoms with Crippen LogP contribution in [0.2, 0.25) is 0 Å². The van der Waals surface area contributed by atoms with Crippen LogP contribution in [0.5, 0.6) is 0 Å². The molecule has 0 radical (unpaired) electrons. The topological polar surface area (TPSA) is 0 Å². The van der Waals surface area contributed by atoms with E-state index in [4.69, 9.17) is 0 Å². The Morgan fingerprint density at radius 3 is 2.21 bits per heavy atom. The van der Waals surface area contributed by atoms with Gasteiger partial charge in [0.2, 0.25) is 0 Å². The minimum atomic E-state index is 1.01. The van der Waals surface area contributed by atoms with E-state index in [9.17, 15) is 0 Å². The molecule has 0 aromatic heterocycles. The zero-order valence-corrected chi connectivity index (χ0v) is 9.61. The summed E-state index contributed by atoms with van der Waals surface area (Å²) in [4.78, 5) is 0. The highest BCUT2D eigenvalue weighted by atomic mass is 31.0. The van der Waals surface area contributed by atoms with Crippen molar-refractivity contribution in [2.24, 2.45) is 0 Å². The molecule has 0 spiro atoms. The molecule has 0 heterocycles. The Hall–Kier alpha value is -1.13. The van der Waals surface area contributed by atoms with Crippen LogP contribution in [0.1, 0.15) is 12.5 Å². The lowest BCUT2D eigenvalue weighted by atomic mass is 10.1. The van der Waals surface area contributed by atoms with Crippen LogP contribution in [-0.2, 0) is 0 Å². The Morgan fingerprint density at radius 1 is 1.14 bits per heavy atom. The molecule has 1 rings (SSSR count). The van der Waals surface area contributed by atoms with Gasteiger partial charge in [0.05, 0.1) is 0 Å². The van der Waals surface area contributed by atoms with E-state index < -0.39 is 0 Å². The molecule has 0 saturated carbocycles. The monoisotopic (exact) mass is 202 g/mol. The van der Waals surface area contributed by atoms with E-state index in [1.165, 1.54) is 5.30 Å². The van der Waals surface area contributed by atoms with Crippen LogP contribution in [0.4, 0.5) is 0 Å². The van der Waals surface area contributed by atoms with Crippen molar-refractivity contribution < 1.29 is 0 Å². The van der Waals surface area contributed by atoms with Crippen molar-refractivity contribution in [3.8, 4) is 0 Å². The number of benzene rings is 1. The lowest BCUT2D eigenvalue weighted by molar-refractivity contribution is 1.56. The fourth-order valence-corrected chi connectivity index (χ4v) is 1.23. The molecule has 1 aromatic carbocycles. The van der Waals surface area contributed by atoms with E-state index in [0.717, 1.165) is 16.7 Å². The van der Waals surface area contributed by atoms with Crippen LogP contribution in [0.3, 0.4) is 0 Å². The van der Waals surface area contributed by atoms with Crippen LogP contribution in [-0.4, -0.2) is 0 Å². The highest BCUT2D eigenvalue weighted by molar-refractivity contribution is 7.27. The third-order valence-corrected chi connectivity index (χ3v) is 2.24. The van der Waals surface area contributed by atoms with Gasteiger partial charge in [-0.15, -0.1) is 9.24 Å². The summed E-state index contributed by atoms with van der Waals surface area (Å²) in [5, 5.41) is 1.19. The summed E-state index contributed by atoms with van der Waals surface area (Å²) in [5.41, 5.74) is 3.19. The lowest BCUT2D eigenvalue weighted by Crippen LogP contribution is -1.88. The third-order valence-electron chi connectivity index (χ3n) is 1.85. The Bertz CT molecular complexity index is 369. The first kappa shape index (κ1) is 10.9. The molecule has 0 N–H and O–H groups in total. The normalized spacial score (nSPS) is 10.4. The minimum Gasteiger partial charge on any atom is -0.106 e. The molecule has 72 valence electrons. The van der Waals surface area contributed by atoms with Crippen LogP contribution >= 0.6 is 9.24 Å². The van der Waals surface area contributed by atoms with E-state index in [-0.39, 0.29) is 0 Å². The van der Waals surface area contributed by atoms with Gasteiger partial charge < -0.3 is 0 Å². The predicted octanol–water partition coefficient (Wildman–Crippen LogP) is 3.33. The first-order chi connectivity index (χ1) is 6.59. The van der Waals surface area contributed by atoms with Gasteiger partial charge in [0, 0.05) is 0 Å². The molecule has 1 atom stereocenters. The van der Waals surface area contributed by atoms with Gasteiger partial charge in [0.25, 0.3) is 0 Å². The molecule has 0 amide bonds. The summed E-state index contributed by atoms with van der Waals surface area (Å²) >= 11 is 0. The Kier molecular flexibility index (Phi) is 3.85. The average Bonchev–Trinajstić information content (AvgIpc) is 2.15. The summed E-state index contributed by atoms with van der Waals surface area (Å²) in [5.74, 6) is 0. The molecule has 0 saturated heterocycles. The zero-order chi connectivity index (χ0) is 10.6. The SMILES string of the molecule is C=C(C)/C=C\C(=C)c1ccc(P)cc1. The fraction of sp³-hybridized carbons (Fsp3) is 0.0769. The molecular formula is C13H15P. The number of hydrogen-bond donors (Lipinski definition) is 0. The summed E-state index contributed by atoms with van der Waals surface area (Å²) in [6, 6.07) is 8.24. The van der Waals surface area contributed by atoms with Gasteiger partial charge in [0.15, 0.2) is 0 Å². The second-order valence-corrected chi connectivity index (χ2v) is 3.99. The maximum absolute atomic E-state index is 3.99. The van der Waals surface area contributed by atoms with Crippen molar-refractivity contribution in [2.75, 3.05) is 0 Å². The standard InChI is InChI=1S/C13H15P/c1-10(2)4-5-11(3)12-6-8-13(14)9-7-12/h4-9H,1,3,14H2,2H3/b5-4-. The van der Waals surface area contributed by atoms with Gasteiger partial charge in [-0.25, -0.2) is 0 Å². The van der Waals surface area contributed by atoms with Crippen molar-refractivity contribution in [1.82, 2.24) is 0 Å². The van der Waals surface area contributed by atoms with Gasteiger partial charge in [-0.2, -0.15) is 0 Å². The van der Waals surface area contributed by atoms with Crippen molar-refractivity contribution >= 4 is 20.1 Å². The van der Waals surface area contributed by atoms with Crippen molar-refractivity contribution in [3.63, 3.8) is 0 Å². The molecule has 14 heavy (non-hydrogen) atoms. The molecule has 0 aliphatic heterocycles. The molecule has 0 fully saturated rings. The molecule has 0 bridgehead atoms. The van der Waals surface area contributed by atoms with Crippen LogP contribution < -0.4 is 5.30 Å². The highest BCUT2D eigenvalue weighted by Crippen LogP contribution is 2.13.